The summed E-state index contributed by atoms with van der Waals surface area (Å²) < 4.78 is 0. The summed E-state index contributed by atoms with van der Waals surface area (Å²) in [5.41, 5.74) is 4.23. The Bertz CT molecular complexity index is 1260. The van der Waals surface area contributed by atoms with Crippen LogP contribution in [-0.2, 0) is 11.3 Å². The van der Waals surface area contributed by atoms with E-state index in [2.05, 4.69) is 38.9 Å². The minimum atomic E-state index is -0.241. The summed E-state index contributed by atoms with van der Waals surface area (Å²) in [6.45, 7) is 3.29. The number of amides is 1. The highest BCUT2D eigenvalue weighted by molar-refractivity contribution is 7.80. The van der Waals surface area contributed by atoms with Crippen LogP contribution in [0.3, 0.4) is 0 Å². The van der Waals surface area contributed by atoms with Gasteiger partial charge >= 0.3 is 0 Å². The van der Waals surface area contributed by atoms with Gasteiger partial charge in [0.25, 0.3) is 0 Å². The van der Waals surface area contributed by atoms with Gasteiger partial charge < -0.3 is 14.9 Å². The van der Waals surface area contributed by atoms with Gasteiger partial charge in [-0.1, -0.05) is 55.5 Å². The number of benzene rings is 2. The number of para-hydroxylation sites is 1. The zero-order chi connectivity index (χ0) is 22.1. The quantitative estimate of drug-likeness (QED) is 0.410. The molecule has 6 nitrogen and oxygen atoms in total. The molecule has 2 N–H and O–H groups in total. The van der Waals surface area contributed by atoms with E-state index in [1.54, 1.807) is 4.90 Å². The Morgan fingerprint density at radius 2 is 1.91 bits per heavy atom. The molecule has 0 saturated carbocycles. The zero-order valence-electron chi connectivity index (χ0n) is 17.9. The summed E-state index contributed by atoms with van der Waals surface area (Å²) in [6.07, 6.45) is 5.06. The number of aromatic nitrogens is 3. The highest BCUT2D eigenvalue weighted by Gasteiger charge is 2.38. The van der Waals surface area contributed by atoms with Crippen LogP contribution in [0.25, 0.3) is 22.2 Å². The maximum atomic E-state index is 13.0. The predicted octanol–water partition coefficient (Wildman–Crippen LogP) is 5.03. The van der Waals surface area contributed by atoms with E-state index in [-0.39, 0.29) is 11.9 Å². The predicted molar refractivity (Wildman–Crippen MR) is 130 cm³/mol. The van der Waals surface area contributed by atoms with Crippen LogP contribution in [0.4, 0.5) is 0 Å². The molecule has 5 rings (SSSR count). The van der Waals surface area contributed by atoms with Gasteiger partial charge in [0, 0.05) is 30.2 Å². The second kappa shape index (κ2) is 8.59. The molecule has 0 bridgehead atoms. The standard InChI is InChI=1S/C25H25N5OS/c1-2-12-29-23(31)13-22(24-27-15-21(28-24)17-8-4-3-5-9-17)30(25(29)32)16-18-14-26-20-11-7-6-10-19(18)20/h3-11,14-15,22,26H,2,12-13,16H2,1H3,(H,27,28). The summed E-state index contributed by atoms with van der Waals surface area (Å²) in [6, 6.07) is 18.1. The smallest absolute Gasteiger partial charge is 0.231 e. The number of rotatable bonds is 6. The van der Waals surface area contributed by atoms with Crippen molar-refractivity contribution >= 4 is 34.1 Å². The monoisotopic (exact) mass is 443 g/mol. The third-order valence-corrected chi connectivity index (χ3v) is 6.44. The van der Waals surface area contributed by atoms with Crippen molar-refractivity contribution in [3.8, 4) is 11.3 Å². The Labute approximate surface area is 192 Å². The lowest BCUT2D eigenvalue weighted by molar-refractivity contribution is -0.131. The Morgan fingerprint density at radius 1 is 1.12 bits per heavy atom. The first-order valence-corrected chi connectivity index (χ1v) is 11.3. The van der Waals surface area contributed by atoms with Crippen LogP contribution in [0.15, 0.2) is 67.0 Å². The summed E-state index contributed by atoms with van der Waals surface area (Å²) in [7, 11) is 0. The van der Waals surface area contributed by atoms with Crippen molar-refractivity contribution < 1.29 is 4.79 Å². The van der Waals surface area contributed by atoms with Gasteiger partial charge in [0.05, 0.1) is 24.4 Å². The van der Waals surface area contributed by atoms with E-state index in [0.717, 1.165) is 40.0 Å². The van der Waals surface area contributed by atoms with Gasteiger partial charge in [0.15, 0.2) is 5.11 Å². The summed E-state index contributed by atoms with van der Waals surface area (Å²) in [5, 5.41) is 1.73. The summed E-state index contributed by atoms with van der Waals surface area (Å²) >= 11 is 5.84. The Hall–Kier alpha value is -3.45. The molecule has 0 spiro atoms. The number of aromatic amines is 2. The molecule has 4 aromatic rings. The van der Waals surface area contributed by atoms with Gasteiger partial charge in [-0.2, -0.15) is 0 Å². The van der Waals surface area contributed by atoms with E-state index in [4.69, 9.17) is 12.2 Å². The largest absolute Gasteiger partial charge is 0.361 e. The average Bonchev–Trinajstić information content (AvgIpc) is 3.47. The van der Waals surface area contributed by atoms with Crippen molar-refractivity contribution in [2.24, 2.45) is 0 Å². The lowest BCUT2D eigenvalue weighted by Crippen LogP contribution is -2.53. The molecule has 2 aromatic carbocycles. The molecule has 2 aromatic heterocycles. The molecule has 1 aliphatic rings. The Kier molecular flexibility index (Phi) is 5.49. The number of H-pyrrole nitrogens is 2. The molecular weight excluding hydrogens is 418 g/mol. The second-order valence-electron chi connectivity index (χ2n) is 8.08. The van der Waals surface area contributed by atoms with Crippen molar-refractivity contribution in [1.29, 1.82) is 0 Å². The van der Waals surface area contributed by atoms with Crippen molar-refractivity contribution in [2.45, 2.75) is 32.4 Å². The van der Waals surface area contributed by atoms with Crippen LogP contribution in [0.2, 0.25) is 0 Å². The van der Waals surface area contributed by atoms with Gasteiger partial charge in [-0.3, -0.25) is 9.69 Å². The number of imidazole rings is 1. The molecule has 1 aliphatic heterocycles. The van der Waals surface area contributed by atoms with Gasteiger partial charge in [-0.05, 0) is 35.8 Å². The maximum Gasteiger partial charge on any atom is 0.231 e. The van der Waals surface area contributed by atoms with Crippen LogP contribution in [0.5, 0.6) is 0 Å². The summed E-state index contributed by atoms with van der Waals surface area (Å²) in [5.74, 6) is 0.810. The molecule has 162 valence electrons. The molecule has 1 amide bonds. The lowest BCUT2D eigenvalue weighted by atomic mass is 10.1. The van der Waals surface area contributed by atoms with Crippen LogP contribution in [0.1, 0.15) is 37.2 Å². The van der Waals surface area contributed by atoms with Gasteiger partial charge in [0.2, 0.25) is 5.91 Å². The van der Waals surface area contributed by atoms with Crippen LogP contribution in [0, 0.1) is 0 Å². The van der Waals surface area contributed by atoms with Crippen LogP contribution in [-0.4, -0.2) is 42.3 Å². The van der Waals surface area contributed by atoms with Gasteiger partial charge in [-0.15, -0.1) is 0 Å². The minimum absolute atomic E-state index is 0.0506. The Morgan fingerprint density at radius 3 is 2.72 bits per heavy atom. The molecule has 1 fully saturated rings. The molecular formula is C25H25N5OS. The zero-order valence-corrected chi connectivity index (χ0v) is 18.7. The molecule has 7 heteroatoms. The lowest BCUT2D eigenvalue weighted by Gasteiger charge is -2.42. The molecule has 3 heterocycles. The van der Waals surface area contributed by atoms with Crippen molar-refractivity contribution in [1.82, 2.24) is 24.8 Å². The first-order valence-electron chi connectivity index (χ1n) is 10.9. The number of hydrogen-bond donors (Lipinski definition) is 2. The highest BCUT2D eigenvalue weighted by atomic mass is 32.1. The number of hydrogen-bond acceptors (Lipinski definition) is 3. The van der Waals surface area contributed by atoms with Crippen molar-refractivity contribution in [3.63, 3.8) is 0 Å². The van der Waals surface area contributed by atoms with E-state index in [9.17, 15) is 4.79 Å². The second-order valence-corrected chi connectivity index (χ2v) is 8.45. The number of nitrogens with one attached hydrogen (secondary N) is 2. The van der Waals surface area contributed by atoms with E-state index >= 15 is 0 Å². The number of nitrogens with zero attached hydrogens (tertiary/aromatic N) is 3. The van der Waals surface area contributed by atoms with E-state index in [0.29, 0.717) is 24.6 Å². The molecule has 1 saturated heterocycles. The number of carbonyl (C=O) groups excluding carboxylic acids is 1. The van der Waals surface area contributed by atoms with Crippen LogP contribution < -0.4 is 0 Å². The van der Waals surface area contributed by atoms with Gasteiger partial charge in [-0.25, -0.2) is 4.98 Å². The molecule has 1 atom stereocenters. The highest BCUT2D eigenvalue weighted by Crippen LogP contribution is 2.33. The fourth-order valence-electron chi connectivity index (χ4n) is 4.36. The Balaban J connectivity index is 1.51. The fraction of sp³-hybridized carbons (Fsp3) is 0.240. The fourth-order valence-corrected chi connectivity index (χ4v) is 4.75. The third-order valence-electron chi connectivity index (χ3n) is 5.98. The first kappa shape index (κ1) is 20.5. The number of carbonyl (C=O) groups is 1. The normalized spacial score (nSPS) is 16.8. The summed E-state index contributed by atoms with van der Waals surface area (Å²) in [4.78, 5) is 28.3. The third kappa shape index (κ3) is 3.69. The number of fused-ring (bicyclic) bond motifs is 1. The van der Waals surface area contributed by atoms with E-state index in [1.165, 1.54) is 0 Å². The maximum absolute atomic E-state index is 13.0. The molecule has 32 heavy (non-hydrogen) atoms. The van der Waals surface area contributed by atoms with E-state index in [1.807, 2.05) is 54.9 Å². The first-order chi connectivity index (χ1) is 15.7. The molecule has 0 radical (unpaired) electrons. The van der Waals surface area contributed by atoms with E-state index < -0.39 is 0 Å². The SMILES string of the molecule is CCCN1C(=O)CC(c2ncc(-c3ccccc3)[nH]2)N(Cc2c[nH]c3ccccc23)C1=S. The van der Waals surface area contributed by atoms with Gasteiger partial charge in [0.1, 0.15) is 5.82 Å². The van der Waals surface area contributed by atoms with Crippen molar-refractivity contribution in [3.05, 3.63) is 78.4 Å². The van der Waals surface area contributed by atoms with Crippen LogP contribution >= 0.6 is 12.2 Å². The topological polar surface area (TPSA) is 68.0 Å². The molecule has 0 aliphatic carbocycles. The number of thiocarbonyl (C=S) groups is 1. The van der Waals surface area contributed by atoms with Crippen molar-refractivity contribution in [2.75, 3.05) is 6.54 Å². The molecule has 1 unspecified atom stereocenters. The minimum Gasteiger partial charge on any atom is -0.361 e. The average molecular weight is 444 g/mol.